The predicted molar refractivity (Wildman–Crippen MR) is 112 cm³/mol. The van der Waals surface area contributed by atoms with Crippen molar-refractivity contribution in [2.45, 2.75) is 25.4 Å². The molecule has 2 heterocycles. The number of likely N-dealkylation sites (tertiary alicyclic amines) is 1. The number of carbonyl (C=O) groups is 2. The van der Waals surface area contributed by atoms with Crippen LogP contribution in [0.15, 0.2) is 72.9 Å². The van der Waals surface area contributed by atoms with Crippen molar-refractivity contribution in [2.24, 2.45) is 0 Å². The summed E-state index contributed by atoms with van der Waals surface area (Å²) in [6.07, 6.45) is 3.09. The van der Waals surface area contributed by atoms with Crippen molar-refractivity contribution in [2.75, 3.05) is 6.54 Å². The third kappa shape index (κ3) is 4.38. The van der Waals surface area contributed by atoms with E-state index in [1.807, 2.05) is 36.4 Å². The van der Waals surface area contributed by atoms with Crippen molar-refractivity contribution >= 4 is 11.8 Å². The van der Waals surface area contributed by atoms with Crippen LogP contribution in [0.4, 0.5) is 4.39 Å². The van der Waals surface area contributed by atoms with Crippen LogP contribution in [-0.4, -0.2) is 34.3 Å². The van der Waals surface area contributed by atoms with Crippen LogP contribution in [0.1, 0.15) is 28.8 Å². The summed E-state index contributed by atoms with van der Waals surface area (Å²) in [6, 6.07) is 18.5. The maximum atomic E-state index is 13.3. The van der Waals surface area contributed by atoms with E-state index in [-0.39, 0.29) is 24.2 Å². The molecule has 30 heavy (non-hydrogen) atoms. The molecule has 1 atom stereocenters. The second-order valence-electron chi connectivity index (χ2n) is 7.30. The van der Waals surface area contributed by atoms with E-state index in [2.05, 4.69) is 10.3 Å². The molecule has 6 heteroatoms. The number of hydrogen-bond donors (Lipinski definition) is 1. The van der Waals surface area contributed by atoms with Crippen molar-refractivity contribution < 1.29 is 14.0 Å². The lowest BCUT2D eigenvalue weighted by molar-refractivity contribution is -0.125. The number of carbonyl (C=O) groups excluding carboxylic acids is 2. The second-order valence-corrected chi connectivity index (χ2v) is 7.30. The number of halogens is 1. The number of amides is 2. The molecular weight excluding hydrogens is 381 g/mol. The molecule has 4 rings (SSSR count). The van der Waals surface area contributed by atoms with E-state index in [9.17, 15) is 14.0 Å². The molecule has 1 unspecified atom stereocenters. The Morgan fingerprint density at radius 2 is 1.93 bits per heavy atom. The zero-order chi connectivity index (χ0) is 20.9. The minimum Gasteiger partial charge on any atom is -0.350 e. The first-order valence-corrected chi connectivity index (χ1v) is 9.96. The number of benzene rings is 2. The Morgan fingerprint density at radius 3 is 2.73 bits per heavy atom. The van der Waals surface area contributed by atoms with E-state index in [1.165, 1.54) is 12.1 Å². The Bertz CT molecular complexity index is 1060. The largest absolute Gasteiger partial charge is 0.350 e. The van der Waals surface area contributed by atoms with Gasteiger partial charge in [-0.15, -0.1) is 0 Å². The molecule has 3 aromatic rings. The summed E-state index contributed by atoms with van der Waals surface area (Å²) in [5.41, 5.74) is 2.86. The van der Waals surface area contributed by atoms with Gasteiger partial charge in [-0.1, -0.05) is 30.3 Å². The van der Waals surface area contributed by atoms with Gasteiger partial charge in [-0.25, -0.2) is 4.39 Å². The second kappa shape index (κ2) is 8.86. The zero-order valence-corrected chi connectivity index (χ0v) is 16.4. The lowest BCUT2D eigenvalue weighted by atomic mass is 10.1. The van der Waals surface area contributed by atoms with Crippen molar-refractivity contribution in [1.82, 2.24) is 15.2 Å². The number of nitrogens with one attached hydrogen (secondary N) is 1. The fourth-order valence-corrected chi connectivity index (χ4v) is 3.75. The van der Waals surface area contributed by atoms with E-state index in [1.54, 1.807) is 29.3 Å². The highest BCUT2D eigenvalue weighted by Gasteiger charge is 2.34. The van der Waals surface area contributed by atoms with E-state index in [4.69, 9.17) is 0 Å². The third-order valence-corrected chi connectivity index (χ3v) is 5.24. The Morgan fingerprint density at radius 1 is 1.07 bits per heavy atom. The lowest BCUT2D eigenvalue weighted by Gasteiger charge is -2.24. The molecule has 1 aliphatic heterocycles. The molecular formula is C24H22FN3O2. The quantitative estimate of drug-likeness (QED) is 0.705. The standard InChI is InChI=1S/C24H22FN3O2/c25-20-9-3-6-17(14-20)16-27-23(29)22-11-5-13-28(22)24(30)19-8-4-7-18(15-19)21-10-1-2-12-26-21/h1-4,6-10,12,14-15,22H,5,11,13,16H2,(H,27,29). The first kappa shape index (κ1) is 19.8. The summed E-state index contributed by atoms with van der Waals surface area (Å²) in [5, 5.41) is 2.83. The Hall–Kier alpha value is -3.54. The van der Waals surface area contributed by atoms with Gasteiger partial charge in [0.1, 0.15) is 11.9 Å². The topological polar surface area (TPSA) is 62.3 Å². The first-order valence-electron chi connectivity index (χ1n) is 9.96. The molecule has 0 aliphatic carbocycles. The fourth-order valence-electron chi connectivity index (χ4n) is 3.75. The van der Waals surface area contributed by atoms with Gasteiger partial charge in [0, 0.05) is 30.4 Å². The van der Waals surface area contributed by atoms with Crippen molar-refractivity contribution in [3.05, 3.63) is 89.9 Å². The highest BCUT2D eigenvalue weighted by molar-refractivity contribution is 5.98. The Labute approximate surface area is 174 Å². The zero-order valence-electron chi connectivity index (χ0n) is 16.4. The number of nitrogens with zero attached hydrogens (tertiary/aromatic N) is 2. The van der Waals surface area contributed by atoms with Crippen LogP contribution in [0.2, 0.25) is 0 Å². The van der Waals surface area contributed by atoms with Gasteiger partial charge in [0.2, 0.25) is 5.91 Å². The molecule has 2 aromatic carbocycles. The Kier molecular flexibility index (Phi) is 5.84. The summed E-state index contributed by atoms with van der Waals surface area (Å²) >= 11 is 0. The van der Waals surface area contributed by atoms with E-state index >= 15 is 0 Å². The summed E-state index contributed by atoms with van der Waals surface area (Å²) in [5.74, 6) is -0.727. The van der Waals surface area contributed by atoms with Gasteiger partial charge in [-0.05, 0) is 54.8 Å². The molecule has 1 N–H and O–H groups in total. The molecule has 152 valence electrons. The molecule has 1 saturated heterocycles. The van der Waals surface area contributed by atoms with Crippen LogP contribution in [0.25, 0.3) is 11.3 Å². The summed E-state index contributed by atoms with van der Waals surface area (Å²) < 4.78 is 13.3. The van der Waals surface area contributed by atoms with Gasteiger partial charge in [0.15, 0.2) is 0 Å². The molecule has 1 fully saturated rings. The normalized spacial score (nSPS) is 15.8. The Balaban J connectivity index is 1.46. The molecule has 1 aliphatic rings. The SMILES string of the molecule is O=C(NCc1cccc(F)c1)C1CCCN1C(=O)c1cccc(-c2ccccn2)c1. The average Bonchev–Trinajstić information content (AvgIpc) is 3.28. The van der Waals surface area contributed by atoms with Crippen LogP contribution in [-0.2, 0) is 11.3 Å². The fraction of sp³-hybridized carbons (Fsp3) is 0.208. The molecule has 1 aromatic heterocycles. The number of aromatic nitrogens is 1. The van der Waals surface area contributed by atoms with Crippen LogP contribution in [0, 0.1) is 5.82 Å². The van der Waals surface area contributed by atoms with E-state index in [0.29, 0.717) is 24.1 Å². The minimum atomic E-state index is -0.524. The van der Waals surface area contributed by atoms with Gasteiger partial charge >= 0.3 is 0 Å². The molecule has 0 saturated carbocycles. The van der Waals surface area contributed by atoms with Crippen molar-refractivity contribution in [1.29, 1.82) is 0 Å². The molecule has 2 amide bonds. The smallest absolute Gasteiger partial charge is 0.254 e. The molecule has 0 radical (unpaired) electrons. The summed E-state index contributed by atoms with van der Waals surface area (Å²) in [6.45, 7) is 0.759. The van der Waals surface area contributed by atoms with Crippen LogP contribution < -0.4 is 5.32 Å². The summed E-state index contributed by atoms with van der Waals surface area (Å²) in [4.78, 5) is 31.8. The van der Waals surface area contributed by atoms with Gasteiger partial charge in [0.05, 0.1) is 5.69 Å². The van der Waals surface area contributed by atoms with Crippen molar-refractivity contribution in [3.8, 4) is 11.3 Å². The van der Waals surface area contributed by atoms with Crippen molar-refractivity contribution in [3.63, 3.8) is 0 Å². The number of rotatable bonds is 5. The maximum absolute atomic E-state index is 13.3. The predicted octanol–water partition coefficient (Wildman–Crippen LogP) is 3.81. The minimum absolute atomic E-state index is 0.170. The summed E-state index contributed by atoms with van der Waals surface area (Å²) in [7, 11) is 0. The average molecular weight is 403 g/mol. The van der Waals surface area contributed by atoms with E-state index in [0.717, 1.165) is 17.7 Å². The maximum Gasteiger partial charge on any atom is 0.254 e. The van der Waals surface area contributed by atoms with Crippen LogP contribution in [0.5, 0.6) is 0 Å². The highest BCUT2D eigenvalue weighted by Crippen LogP contribution is 2.23. The van der Waals surface area contributed by atoms with E-state index < -0.39 is 6.04 Å². The van der Waals surface area contributed by atoms with Gasteiger partial charge < -0.3 is 10.2 Å². The molecule has 5 nitrogen and oxygen atoms in total. The van der Waals surface area contributed by atoms with Gasteiger partial charge in [-0.2, -0.15) is 0 Å². The number of pyridine rings is 1. The highest BCUT2D eigenvalue weighted by atomic mass is 19.1. The van der Waals surface area contributed by atoms with Gasteiger partial charge in [0.25, 0.3) is 5.91 Å². The van der Waals surface area contributed by atoms with Crippen LogP contribution >= 0.6 is 0 Å². The van der Waals surface area contributed by atoms with Gasteiger partial charge in [-0.3, -0.25) is 14.6 Å². The first-order chi connectivity index (χ1) is 14.6. The number of hydrogen-bond acceptors (Lipinski definition) is 3. The molecule has 0 spiro atoms. The molecule has 0 bridgehead atoms. The third-order valence-electron chi connectivity index (χ3n) is 5.24. The lowest BCUT2D eigenvalue weighted by Crippen LogP contribution is -2.45. The monoisotopic (exact) mass is 403 g/mol. The van der Waals surface area contributed by atoms with Crippen LogP contribution in [0.3, 0.4) is 0 Å².